The molecule has 1 N–H and O–H groups in total. The van der Waals surface area contributed by atoms with E-state index in [0.29, 0.717) is 5.75 Å². The summed E-state index contributed by atoms with van der Waals surface area (Å²) in [6.45, 7) is 8.20. The number of hydrogen-bond acceptors (Lipinski definition) is 2. The lowest BCUT2D eigenvalue weighted by molar-refractivity contribution is 0.380. The van der Waals surface area contributed by atoms with E-state index < -0.39 is 9.52 Å². The van der Waals surface area contributed by atoms with Crippen molar-refractivity contribution in [2.24, 2.45) is 0 Å². The average Bonchev–Trinajstić information content (AvgIpc) is 2.40. The lowest BCUT2D eigenvalue weighted by Crippen LogP contribution is -2.24. The number of aromatic hydroxyl groups is 1. The monoisotopic (exact) mass is 286 g/mol. The van der Waals surface area contributed by atoms with E-state index in [9.17, 15) is 5.11 Å². The second kappa shape index (κ2) is 6.14. The highest BCUT2D eigenvalue weighted by molar-refractivity contribution is 6.54. The molecule has 0 unspecified atom stereocenters. The van der Waals surface area contributed by atoms with Crippen molar-refractivity contribution in [3.63, 3.8) is 0 Å². The molecule has 0 aliphatic rings. The Kier molecular flexibility index (Phi) is 4.50. The van der Waals surface area contributed by atoms with Crippen LogP contribution in [0, 0.1) is 27.7 Å². The van der Waals surface area contributed by atoms with Crippen LogP contribution in [-0.2, 0) is 0 Å². The van der Waals surface area contributed by atoms with E-state index >= 15 is 0 Å². The normalized spacial score (nSPS) is 11.2. The average molecular weight is 286 g/mol. The maximum atomic E-state index is 9.65. The van der Waals surface area contributed by atoms with Gasteiger partial charge in [0, 0.05) is 0 Å². The molecule has 0 atom stereocenters. The zero-order chi connectivity index (χ0) is 14.7. The lowest BCUT2D eigenvalue weighted by atomic mass is 10.1. The van der Waals surface area contributed by atoms with Crippen LogP contribution in [0.5, 0.6) is 11.5 Å². The Balaban J connectivity index is 2.03. The van der Waals surface area contributed by atoms with E-state index in [0.717, 1.165) is 23.1 Å². The van der Waals surface area contributed by atoms with Crippen molar-refractivity contribution in [3.8, 4) is 11.5 Å². The van der Waals surface area contributed by atoms with E-state index in [2.05, 4.69) is 32.0 Å². The van der Waals surface area contributed by atoms with Gasteiger partial charge in [-0.25, -0.2) is 0 Å². The molecule has 0 saturated carbocycles. The van der Waals surface area contributed by atoms with Gasteiger partial charge in [-0.2, -0.15) is 0 Å². The van der Waals surface area contributed by atoms with Gasteiger partial charge in [0.25, 0.3) is 0 Å². The standard InChI is InChI=1S/C17H22O2Si/c1-11-6-5-7-17(14(11)4)20-10-19-16-9-12(2)15(18)8-13(16)3/h5-9,18H,10,20H2,1-4H3. The number of ether oxygens (including phenoxy) is 1. The van der Waals surface area contributed by atoms with Crippen LogP contribution in [0.25, 0.3) is 0 Å². The Hall–Kier alpha value is -1.74. The zero-order valence-electron chi connectivity index (χ0n) is 12.7. The molecule has 0 aliphatic heterocycles. The quantitative estimate of drug-likeness (QED) is 0.875. The van der Waals surface area contributed by atoms with E-state index in [1.54, 1.807) is 6.07 Å². The highest BCUT2D eigenvalue weighted by Gasteiger charge is 2.06. The highest BCUT2D eigenvalue weighted by Crippen LogP contribution is 2.26. The fraction of sp³-hybridized carbons (Fsp3) is 0.294. The topological polar surface area (TPSA) is 29.5 Å². The summed E-state index contributed by atoms with van der Waals surface area (Å²) < 4.78 is 5.92. The molecule has 0 fully saturated rings. The summed E-state index contributed by atoms with van der Waals surface area (Å²) in [4.78, 5) is 0. The summed E-state index contributed by atoms with van der Waals surface area (Å²) in [5, 5.41) is 11.1. The summed E-state index contributed by atoms with van der Waals surface area (Å²) in [6.07, 6.45) is 0.787. The van der Waals surface area contributed by atoms with Crippen LogP contribution in [0.4, 0.5) is 0 Å². The van der Waals surface area contributed by atoms with Gasteiger partial charge in [0.2, 0.25) is 0 Å². The third-order valence-electron chi connectivity index (χ3n) is 3.84. The number of benzene rings is 2. The molecule has 0 heterocycles. The van der Waals surface area contributed by atoms with Crippen LogP contribution < -0.4 is 9.92 Å². The third kappa shape index (κ3) is 3.22. The fourth-order valence-corrected chi connectivity index (χ4v) is 3.78. The molecule has 0 radical (unpaired) electrons. The van der Waals surface area contributed by atoms with Gasteiger partial charge in [-0.1, -0.05) is 23.4 Å². The van der Waals surface area contributed by atoms with Gasteiger partial charge in [0.05, 0.1) is 15.7 Å². The van der Waals surface area contributed by atoms with Crippen LogP contribution in [0.15, 0.2) is 30.3 Å². The molecule has 0 saturated heterocycles. The van der Waals surface area contributed by atoms with Crippen LogP contribution >= 0.6 is 0 Å². The van der Waals surface area contributed by atoms with Gasteiger partial charge < -0.3 is 9.84 Å². The third-order valence-corrected chi connectivity index (χ3v) is 5.55. The Morgan fingerprint density at radius 3 is 2.50 bits per heavy atom. The first-order valence-corrected chi connectivity index (χ1v) is 8.68. The molecule has 106 valence electrons. The van der Waals surface area contributed by atoms with Crippen LogP contribution in [0.1, 0.15) is 22.3 Å². The van der Waals surface area contributed by atoms with Gasteiger partial charge in [0.1, 0.15) is 11.5 Å². The molecule has 0 aliphatic carbocycles. The van der Waals surface area contributed by atoms with Crippen molar-refractivity contribution in [2.75, 3.05) is 6.23 Å². The Morgan fingerprint density at radius 1 is 1.00 bits per heavy atom. The molecule has 2 nitrogen and oxygen atoms in total. The van der Waals surface area contributed by atoms with Crippen molar-refractivity contribution >= 4 is 14.7 Å². The van der Waals surface area contributed by atoms with Crippen molar-refractivity contribution in [1.29, 1.82) is 0 Å². The lowest BCUT2D eigenvalue weighted by Gasteiger charge is -2.12. The second-order valence-corrected chi connectivity index (χ2v) is 7.03. The predicted octanol–water partition coefficient (Wildman–Crippen LogP) is 2.46. The van der Waals surface area contributed by atoms with Gasteiger partial charge in [-0.3, -0.25) is 0 Å². The molecule has 0 spiro atoms. The fourth-order valence-electron chi connectivity index (χ4n) is 2.28. The number of phenolic OH excluding ortho intramolecular Hbond substituents is 1. The van der Waals surface area contributed by atoms with E-state index in [-0.39, 0.29) is 0 Å². The van der Waals surface area contributed by atoms with E-state index in [1.807, 2.05) is 19.9 Å². The Labute approximate surface area is 123 Å². The highest BCUT2D eigenvalue weighted by atomic mass is 28.2. The molecule has 2 aromatic rings. The first-order valence-electron chi connectivity index (χ1n) is 6.97. The summed E-state index contributed by atoms with van der Waals surface area (Å²) in [5.74, 6) is 1.22. The number of hydrogen-bond donors (Lipinski definition) is 1. The first-order chi connectivity index (χ1) is 9.49. The van der Waals surface area contributed by atoms with E-state index in [4.69, 9.17) is 4.74 Å². The van der Waals surface area contributed by atoms with Crippen molar-refractivity contribution in [3.05, 3.63) is 52.6 Å². The SMILES string of the molecule is Cc1cc(OC[SiH2]c2cccc(C)c2C)c(C)cc1O. The minimum Gasteiger partial charge on any atom is -0.508 e. The molecular formula is C17H22O2Si. The molecule has 2 aromatic carbocycles. The Bertz CT molecular complexity index is 621. The maximum Gasteiger partial charge on any atom is 0.122 e. The van der Waals surface area contributed by atoms with Crippen LogP contribution in [-0.4, -0.2) is 20.9 Å². The van der Waals surface area contributed by atoms with E-state index in [1.165, 1.54) is 16.3 Å². The second-order valence-electron chi connectivity index (χ2n) is 5.36. The molecule has 0 aromatic heterocycles. The largest absolute Gasteiger partial charge is 0.508 e. The minimum atomic E-state index is -0.428. The van der Waals surface area contributed by atoms with Gasteiger partial charge >= 0.3 is 0 Å². The minimum absolute atomic E-state index is 0.335. The molecule has 20 heavy (non-hydrogen) atoms. The summed E-state index contributed by atoms with van der Waals surface area (Å²) in [6, 6.07) is 10.2. The number of aryl methyl sites for hydroxylation is 3. The molecular weight excluding hydrogens is 264 g/mol. The van der Waals surface area contributed by atoms with Crippen molar-refractivity contribution in [2.45, 2.75) is 27.7 Å². The summed E-state index contributed by atoms with van der Waals surface area (Å²) in [7, 11) is -0.428. The van der Waals surface area contributed by atoms with Gasteiger partial charge in [-0.15, -0.1) is 0 Å². The van der Waals surface area contributed by atoms with Crippen LogP contribution in [0.2, 0.25) is 0 Å². The van der Waals surface area contributed by atoms with Crippen molar-refractivity contribution < 1.29 is 9.84 Å². The Morgan fingerprint density at radius 2 is 1.75 bits per heavy atom. The number of phenols is 1. The summed E-state index contributed by atoms with van der Waals surface area (Å²) in [5.41, 5.74) is 4.61. The molecule has 2 rings (SSSR count). The zero-order valence-corrected chi connectivity index (χ0v) is 14.1. The molecule has 0 amide bonds. The predicted molar refractivity (Wildman–Crippen MR) is 87.2 cm³/mol. The maximum absolute atomic E-state index is 9.65. The number of rotatable bonds is 4. The van der Waals surface area contributed by atoms with Crippen LogP contribution in [0.3, 0.4) is 0 Å². The smallest absolute Gasteiger partial charge is 0.122 e. The van der Waals surface area contributed by atoms with Crippen molar-refractivity contribution in [1.82, 2.24) is 0 Å². The van der Waals surface area contributed by atoms with Gasteiger partial charge in [0.15, 0.2) is 0 Å². The summed E-state index contributed by atoms with van der Waals surface area (Å²) >= 11 is 0. The molecule has 0 bridgehead atoms. The molecule has 3 heteroatoms. The van der Waals surface area contributed by atoms with Gasteiger partial charge in [-0.05, 0) is 62.1 Å². The first kappa shape index (κ1) is 14.7.